The molecule has 0 spiro atoms. The van der Waals surface area contributed by atoms with E-state index < -0.39 is 6.10 Å². The summed E-state index contributed by atoms with van der Waals surface area (Å²) in [5, 5.41) is 10.7. The molecule has 1 N–H and O–H groups in total. The van der Waals surface area contributed by atoms with Gasteiger partial charge < -0.3 is 9.84 Å². The van der Waals surface area contributed by atoms with Crippen LogP contribution in [-0.4, -0.2) is 22.2 Å². The SMILES string of the molecule is COc1ccc(-c2cccc(C(C)O)n2)c2ccc(C)nc12. The van der Waals surface area contributed by atoms with Gasteiger partial charge in [0.15, 0.2) is 0 Å². The highest BCUT2D eigenvalue weighted by atomic mass is 16.5. The molecule has 1 atom stereocenters. The Morgan fingerprint density at radius 3 is 2.59 bits per heavy atom. The maximum Gasteiger partial charge on any atom is 0.145 e. The van der Waals surface area contributed by atoms with Crippen molar-refractivity contribution < 1.29 is 9.84 Å². The van der Waals surface area contributed by atoms with Gasteiger partial charge in [-0.25, -0.2) is 4.98 Å². The first-order valence-corrected chi connectivity index (χ1v) is 7.20. The van der Waals surface area contributed by atoms with Crippen LogP contribution in [0.1, 0.15) is 24.4 Å². The van der Waals surface area contributed by atoms with Gasteiger partial charge in [-0.3, -0.25) is 4.98 Å². The number of nitrogens with zero attached hydrogens (tertiary/aromatic N) is 2. The summed E-state index contributed by atoms with van der Waals surface area (Å²) in [5.74, 6) is 0.745. The molecule has 22 heavy (non-hydrogen) atoms. The molecule has 4 nitrogen and oxygen atoms in total. The summed E-state index contributed by atoms with van der Waals surface area (Å²) in [6.45, 7) is 3.67. The van der Waals surface area contributed by atoms with E-state index in [1.807, 2.05) is 49.4 Å². The molecule has 2 aromatic heterocycles. The molecule has 1 aromatic carbocycles. The van der Waals surface area contributed by atoms with Gasteiger partial charge in [-0.15, -0.1) is 0 Å². The average Bonchev–Trinajstić information content (AvgIpc) is 2.53. The van der Waals surface area contributed by atoms with Crippen molar-refractivity contribution in [3.63, 3.8) is 0 Å². The Hall–Kier alpha value is -2.46. The van der Waals surface area contributed by atoms with Crippen LogP contribution in [-0.2, 0) is 0 Å². The maximum absolute atomic E-state index is 9.73. The van der Waals surface area contributed by atoms with Crippen LogP contribution in [0.3, 0.4) is 0 Å². The van der Waals surface area contributed by atoms with Gasteiger partial charge in [0, 0.05) is 16.6 Å². The summed E-state index contributed by atoms with van der Waals surface area (Å²) in [6.07, 6.45) is -0.593. The third-order valence-electron chi connectivity index (χ3n) is 3.65. The third-order valence-corrected chi connectivity index (χ3v) is 3.65. The van der Waals surface area contributed by atoms with Crippen LogP contribution in [0.25, 0.3) is 22.2 Å². The number of aliphatic hydroxyl groups is 1. The predicted molar refractivity (Wildman–Crippen MR) is 86.9 cm³/mol. The summed E-state index contributed by atoms with van der Waals surface area (Å²) < 4.78 is 5.41. The Morgan fingerprint density at radius 1 is 1.05 bits per heavy atom. The number of aliphatic hydroxyl groups excluding tert-OH is 1. The van der Waals surface area contributed by atoms with Crippen molar-refractivity contribution in [2.24, 2.45) is 0 Å². The second-order valence-corrected chi connectivity index (χ2v) is 5.29. The fourth-order valence-electron chi connectivity index (χ4n) is 2.51. The average molecular weight is 294 g/mol. The number of methoxy groups -OCH3 is 1. The molecule has 112 valence electrons. The lowest BCUT2D eigenvalue weighted by molar-refractivity contribution is 0.194. The second-order valence-electron chi connectivity index (χ2n) is 5.29. The molecule has 0 aliphatic carbocycles. The number of pyridine rings is 2. The van der Waals surface area contributed by atoms with Crippen molar-refractivity contribution in [1.82, 2.24) is 9.97 Å². The summed E-state index contributed by atoms with van der Waals surface area (Å²) in [6, 6.07) is 13.6. The van der Waals surface area contributed by atoms with E-state index in [4.69, 9.17) is 4.74 Å². The van der Waals surface area contributed by atoms with E-state index in [-0.39, 0.29) is 0 Å². The third kappa shape index (κ3) is 2.53. The molecule has 0 aliphatic heterocycles. The zero-order chi connectivity index (χ0) is 15.7. The zero-order valence-electron chi connectivity index (χ0n) is 12.9. The van der Waals surface area contributed by atoms with Gasteiger partial charge in [-0.1, -0.05) is 12.1 Å². The molecule has 0 saturated heterocycles. The predicted octanol–water partition coefficient (Wildman–Crippen LogP) is 3.67. The van der Waals surface area contributed by atoms with E-state index in [9.17, 15) is 5.11 Å². The molecule has 0 amide bonds. The quantitative estimate of drug-likeness (QED) is 0.801. The van der Waals surface area contributed by atoms with E-state index in [1.165, 1.54) is 0 Å². The molecule has 4 heteroatoms. The van der Waals surface area contributed by atoms with Gasteiger partial charge in [0.05, 0.1) is 24.6 Å². The number of hydrogen-bond donors (Lipinski definition) is 1. The normalized spacial score (nSPS) is 12.4. The van der Waals surface area contributed by atoms with Crippen LogP contribution in [0, 0.1) is 6.92 Å². The maximum atomic E-state index is 9.73. The lowest BCUT2D eigenvalue weighted by Gasteiger charge is -2.11. The zero-order valence-corrected chi connectivity index (χ0v) is 12.9. The first kappa shape index (κ1) is 14.5. The van der Waals surface area contributed by atoms with E-state index in [0.717, 1.165) is 33.6 Å². The van der Waals surface area contributed by atoms with Crippen molar-refractivity contribution in [2.45, 2.75) is 20.0 Å². The summed E-state index contributed by atoms with van der Waals surface area (Å²) in [4.78, 5) is 9.14. The highest BCUT2D eigenvalue weighted by molar-refractivity contribution is 5.97. The summed E-state index contributed by atoms with van der Waals surface area (Å²) in [5.41, 5.74) is 4.21. The minimum absolute atomic E-state index is 0.593. The Balaban J connectivity index is 2.26. The molecular formula is C18H18N2O2. The van der Waals surface area contributed by atoms with Crippen LogP contribution >= 0.6 is 0 Å². The first-order chi connectivity index (χ1) is 10.6. The number of ether oxygens (including phenoxy) is 1. The summed E-state index contributed by atoms with van der Waals surface area (Å²) in [7, 11) is 1.64. The number of fused-ring (bicyclic) bond motifs is 1. The fourth-order valence-corrected chi connectivity index (χ4v) is 2.51. The lowest BCUT2D eigenvalue weighted by atomic mass is 10.0. The van der Waals surface area contributed by atoms with Gasteiger partial charge in [-0.05, 0) is 44.2 Å². The topological polar surface area (TPSA) is 55.2 Å². The van der Waals surface area contributed by atoms with Crippen LogP contribution in [0.15, 0.2) is 42.5 Å². The van der Waals surface area contributed by atoms with E-state index >= 15 is 0 Å². The molecule has 0 aliphatic rings. The number of rotatable bonds is 3. The fraction of sp³-hybridized carbons (Fsp3) is 0.222. The molecule has 2 heterocycles. The first-order valence-electron chi connectivity index (χ1n) is 7.20. The largest absolute Gasteiger partial charge is 0.494 e. The Kier molecular flexibility index (Phi) is 3.77. The Labute approximate surface area is 129 Å². The number of benzene rings is 1. The van der Waals surface area contributed by atoms with Gasteiger partial charge in [0.1, 0.15) is 11.3 Å². The van der Waals surface area contributed by atoms with Crippen molar-refractivity contribution in [2.75, 3.05) is 7.11 Å². The smallest absolute Gasteiger partial charge is 0.145 e. The van der Waals surface area contributed by atoms with Crippen molar-refractivity contribution in [1.29, 1.82) is 0 Å². The van der Waals surface area contributed by atoms with Crippen molar-refractivity contribution in [3.8, 4) is 17.0 Å². The number of aromatic nitrogens is 2. The van der Waals surface area contributed by atoms with E-state index in [2.05, 4.69) is 9.97 Å². The van der Waals surface area contributed by atoms with Crippen LogP contribution in [0.2, 0.25) is 0 Å². The molecular weight excluding hydrogens is 276 g/mol. The Bertz CT molecular complexity index is 828. The molecule has 3 rings (SSSR count). The highest BCUT2D eigenvalue weighted by Gasteiger charge is 2.12. The highest BCUT2D eigenvalue weighted by Crippen LogP contribution is 2.33. The summed E-state index contributed by atoms with van der Waals surface area (Å²) >= 11 is 0. The lowest BCUT2D eigenvalue weighted by Crippen LogP contribution is -1.97. The van der Waals surface area contributed by atoms with Gasteiger partial charge in [-0.2, -0.15) is 0 Å². The number of aryl methyl sites for hydroxylation is 1. The second kappa shape index (κ2) is 5.73. The molecule has 0 fully saturated rings. The van der Waals surface area contributed by atoms with Crippen LogP contribution < -0.4 is 4.74 Å². The van der Waals surface area contributed by atoms with E-state index in [0.29, 0.717) is 5.69 Å². The van der Waals surface area contributed by atoms with E-state index in [1.54, 1.807) is 14.0 Å². The number of hydrogen-bond acceptors (Lipinski definition) is 4. The van der Waals surface area contributed by atoms with Crippen LogP contribution in [0.5, 0.6) is 5.75 Å². The van der Waals surface area contributed by atoms with Gasteiger partial charge in [0.2, 0.25) is 0 Å². The Morgan fingerprint density at radius 2 is 1.86 bits per heavy atom. The monoisotopic (exact) mass is 294 g/mol. The standard InChI is InChI=1S/C18H18N2O2/c1-11-7-8-14-13(9-10-17(22-3)18(14)19-11)16-6-4-5-15(20-16)12(2)21/h4-10,12,21H,1-3H3. The molecule has 3 aromatic rings. The molecule has 0 radical (unpaired) electrons. The minimum Gasteiger partial charge on any atom is -0.494 e. The van der Waals surface area contributed by atoms with Gasteiger partial charge in [0.25, 0.3) is 0 Å². The van der Waals surface area contributed by atoms with Crippen LogP contribution in [0.4, 0.5) is 0 Å². The molecule has 1 unspecified atom stereocenters. The minimum atomic E-state index is -0.593. The van der Waals surface area contributed by atoms with Crippen molar-refractivity contribution >= 4 is 10.9 Å². The molecule has 0 bridgehead atoms. The van der Waals surface area contributed by atoms with Crippen molar-refractivity contribution in [3.05, 3.63) is 53.9 Å². The molecule has 0 saturated carbocycles. The van der Waals surface area contributed by atoms with Gasteiger partial charge >= 0.3 is 0 Å².